The van der Waals surface area contributed by atoms with Crippen molar-refractivity contribution in [3.63, 3.8) is 0 Å². The van der Waals surface area contributed by atoms with E-state index < -0.39 is 0 Å². The number of nitrogens with zero attached hydrogens (tertiary/aromatic N) is 2. The molecule has 1 heterocycles. The molecule has 0 amide bonds. The fourth-order valence-electron chi connectivity index (χ4n) is 1.56. The van der Waals surface area contributed by atoms with Gasteiger partial charge in [0.15, 0.2) is 0 Å². The molecule has 17 heavy (non-hydrogen) atoms. The number of rotatable bonds is 5. The van der Waals surface area contributed by atoms with Crippen LogP contribution in [0.5, 0.6) is 0 Å². The third-order valence-corrected chi connectivity index (χ3v) is 2.98. The van der Waals surface area contributed by atoms with Crippen LogP contribution < -0.4 is 10.9 Å². The van der Waals surface area contributed by atoms with Crippen LogP contribution in [0, 0.1) is 18.3 Å². The van der Waals surface area contributed by atoms with Gasteiger partial charge in [-0.3, -0.25) is 4.79 Å². The average molecular weight is 252 g/mol. The number of nitrogens with one attached hydrogen (secondary N) is 1. The third-order valence-electron chi connectivity index (χ3n) is 2.70. The van der Waals surface area contributed by atoms with Crippen molar-refractivity contribution in [3.8, 4) is 12.3 Å². The molecule has 5 heteroatoms. The molecule has 1 aromatic rings. The van der Waals surface area contributed by atoms with Gasteiger partial charge in [0.05, 0.1) is 11.2 Å². The number of hydrogen-bond donors (Lipinski definition) is 1. The lowest BCUT2D eigenvalue weighted by molar-refractivity contribution is 0.534. The van der Waals surface area contributed by atoms with Crippen molar-refractivity contribution in [2.75, 3.05) is 11.9 Å². The summed E-state index contributed by atoms with van der Waals surface area (Å²) in [6.07, 6.45) is 9.57. The highest BCUT2D eigenvalue weighted by Gasteiger charge is 2.23. The summed E-state index contributed by atoms with van der Waals surface area (Å²) in [7, 11) is 0. The van der Waals surface area contributed by atoms with Crippen LogP contribution in [-0.4, -0.2) is 16.3 Å². The lowest BCUT2D eigenvalue weighted by Crippen LogP contribution is -2.27. The number of terminal acetylenes is 1. The van der Waals surface area contributed by atoms with Crippen LogP contribution in [0.1, 0.15) is 19.3 Å². The molecule has 1 aromatic heterocycles. The van der Waals surface area contributed by atoms with Gasteiger partial charge in [-0.05, 0) is 18.8 Å². The second kappa shape index (κ2) is 5.24. The van der Waals surface area contributed by atoms with Crippen LogP contribution in [0.2, 0.25) is 5.02 Å². The quantitative estimate of drug-likeness (QED) is 0.641. The van der Waals surface area contributed by atoms with E-state index in [0.717, 1.165) is 0 Å². The molecule has 0 unspecified atom stereocenters. The molecule has 1 aliphatic carbocycles. The molecule has 2 rings (SSSR count). The highest BCUT2D eigenvalue weighted by atomic mass is 35.5. The molecule has 0 atom stereocenters. The molecule has 1 aliphatic rings. The van der Waals surface area contributed by atoms with Crippen LogP contribution in [0.15, 0.2) is 11.0 Å². The Morgan fingerprint density at radius 1 is 1.65 bits per heavy atom. The van der Waals surface area contributed by atoms with Crippen molar-refractivity contribution in [2.45, 2.75) is 25.8 Å². The van der Waals surface area contributed by atoms with Crippen LogP contribution in [0.3, 0.4) is 0 Å². The van der Waals surface area contributed by atoms with Gasteiger partial charge in [-0.15, -0.1) is 12.3 Å². The number of hydrogen-bond acceptors (Lipinski definition) is 3. The van der Waals surface area contributed by atoms with Crippen molar-refractivity contribution in [3.05, 3.63) is 21.6 Å². The van der Waals surface area contributed by atoms with Gasteiger partial charge in [-0.2, -0.15) is 5.10 Å². The molecular formula is C12H14ClN3O. The maximum atomic E-state index is 12.0. The van der Waals surface area contributed by atoms with Gasteiger partial charge in [0.25, 0.3) is 5.56 Å². The summed E-state index contributed by atoms with van der Waals surface area (Å²) in [6.45, 7) is 1.22. The van der Waals surface area contributed by atoms with Gasteiger partial charge in [0, 0.05) is 19.5 Å². The predicted molar refractivity (Wildman–Crippen MR) is 68.2 cm³/mol. The maximum Gasteiger partial charge on any atom is 0.291 e. The van der Waals surface area contributed by atoms with Crippen LogP contribution in [-0.2, 0) is 6.54 Å². The van der Waals surface area contributed by atoms with Crippen molar-refractivity contribution >= 4 is 17.3 Å². The zero-order valence-electron chi connectivity index (χ0n) is 9.45. The Morgan fingerprint density at radius 3 is 3.06 bits per heavy atom. The molecule has 0 saturated heterocycles. The largest absolute Gasteiger partial charge is 0.378 e. The third kappa shape index (κ3) is 3.01. The van der Waals surface area contributed by atoms with Crippen LogP contribution >= 0.6 is 11.6 Å². The minimum absolute atomic E-state index is 0.165. The van der Waals surface area contributed by atoms with E-state index in [1.54, 1.807) is 0 Å². The van der Waals surface area contributed by atoms with E-state index in [9.17, 15) is 4.79 Å². The van der Waals surface area contributed by atoms with E-state index in [1.807, 2.05) is 0 Å². The summed E-state index contributed by atoms with van der Waals surface area (Å²) in [5.41, 5.74) is 0.235. The monoisotopic (exact) mass is 251 g/mol. The molecule has 90 valence electrons. The molecule has 1 saturated carbocycles. The summed E-state index contributed by atoms with van der Waals surface area (Å²) in [4.78, 5) is 12.0. The summed E-state index contributed by atoms with van der Waals surface area (Å²) < 4.78 is 1.47. The van der Waals surface area contributed by atoms with Gasteiger partial charge in [-0.1, -0.05) is 11.6 Å². The zero-order valence-corrected chi connectivity index (χ0v) is 10.2. The second-order valence-electron chi connectivity index (χ2n) is 4.18. The normalized spacial score (nSPS) is 14.4. The lowest BCUT2D eigenvalue weighted by atomic mass is 10.3. The smallest absolute Gasteiger partial charge is 0.291 e. The molecule has 1 fully saturated rings. The van der Waals surface area contributed by atoms with Crippen molar-refractivity contribution in [1.29, 1.82) is 0 Å². The van der Waals surface area contributed by atoms with Gasteiger partial charge >= 0.3 is 0 Å². The Labute approximate surface area is 105 Å². The molecule has 1 N–H and O–H groups in total. The fraction of sp³-hybridized carbons (Fsp3) is 0.500. The maximum absolute atomic E-state index is 12.0. The summed E-state index contributed by atoms with van der Waals surface area (Å²) in [6, 6.07) is 0. The Hall–Kier alpha value is -1.47. The van der Waals surface area contributed by atoms with Crippen LogP contribution in [0.25, 0.3) is 0 Å². The number of halogens is 1. The summed E-state index contributed by atoms with van der Waals surface area (Å²) in [5, 5.41) is 7.35. The highest BCUT2D eigenvalue weighted by molar-refractivity contribution is 6.32. The lowest BCUT2D eigenvalue weighted by Gasteiger charge is -2.09. The van der Waals surface area contributed by atoms with E-state index in [0.29, 0.717) is 36.1 Å². The summed E-state index contributed by atoms with van der Waals surface area (Å²) in [5.74, 6) is 3.10. The Bertz CT molecular complexity index is 499. The first-order valence-electron chi connectivity index (χ1n) is 5.65. The molecule has 0 radical (unpaired) electrons. The topological polar surface area (TPSA) is 46.9 Å². The number of aromatic nitrogens is 2. The standard InChI is InChI=1S/C12H14ClN3O/c1-2-3-6-14-11-10(13)7-15-16(12(11)17)8-9-4-5-9/h1,7,9,14H,3-6,8H2. The number of anilines is 1. The molecule has 4 nitrogen and oxygen atoms in total. The molecular weight excluding hydrogens is 238 g/mol. The Morgan fingerprint density at radius 2 is 2.41 bits per heavy atom. The van der Waals surface area contributed by atoms with Crippen LogP contribution in [0.4, 0.5) is 5.69 Å². The minimum Gasteiger partial charge on any atom is -0.378 e. The van der Waals surface area contributed by atoms with Crippen molar-refractivity contribution in [2.24, 2.45) is 5.92 Å². The molecule has 0 aliphatic heterocycles. The van der Waals surface area contributed by atoms with Gasteiger partial charge in [0.2, 0.25) is 0 Å². The minimum atomic E-state index is -0.165. The van der Waals surface area contributed by atoms with E-state index in [-0.39, 0.29) is 5.56 Å². The first-order valence-corrected chi connectivity index (χ1v) is 6.03. The predicted octanol–water partition coefficient (Wildman–Crippen LogP) is 1.74. The fourth-order valence-corrected chi connectivity index (χ4v) is 1.75. The summed E-state index contributed by atoms with van der Waals surface area (Å²) >= 11 is 5.94. The van der Waals surface area contributed by atoms with Gasteiger partial charge in [-0.25, -0.2) is 4.68 Å². The van der Waals surface area contributed by atoms with E-state index >= 15 is 0 Å². The molecule has 0 bridgehead atoms. The van der Waals surface area contributed by atoms with E-state index in [2.05, 4.69) is 16.3 Å². The molecule has 0 spiro atoms. The zero-order chi connectivity index (χ0) is 12.3. The van der Waals surface area contributed by atoms with Crippen molar-refractivity contribution < 1.29 is 0 Å². The first-order chi connectivity index (χ1) is 8.22. The Balaban J connectivity index is 2.17. The second-order valence-corrected chi connectivity index (χ2v) is 4.59. The first kappa shape index (κ1) is 12.0. The Kier molecular flexibility index (Phi) is 3.70. The average Bonchev–Trinajstić information content (AvgIpc) is 3.11. The van der Waals surface area contributed by atoms with Gasteiger partial charge < -0.3 is 5.32 Å². The molecule has 0 aromatic carbocycles. The SMILES string of the molecule is C#CCCNc1c(Cl)cnn(CC2CC2)c1=O. The highest BCUT2D eigenvalue weighted by Crippen LogP contribution is 2.30. The van der Waals surface area contributed by atoms with E-state index in [1.165, 1.54) is 23.7 Å². The van der Waals surface area contributed by atoms with Crippen molar-refractivity contribution in [1.82, 2.24) is 9.78 Å². The van der Waals surface area contributed by atoms with E-state index in [4.69, 9.17) is 18.0 Å². The van der Waals surface area contributed by atoms with Gasteiger partial charge in [0.1, 0.15) is 5.69 Å².